The lowest BCUT2D eigenvalue weighted by Gasteiger charge is -2.35. The number of rotatable bonds is 4. The lowest BCUT2D eigenvalue weighted by molar-refractivity contribution is -0.135. The first-order chi connectivity index (χ1) is 8.90. The molecule has 1 aliphatic heterocycles. The van der Waals surface area contributed by atoms with Gasteiger partial charge in [-0.3, -0.25) is 14.5 Å². The van der Waals surface area contributed by atoms with Crippen molar-refractivity contribution in [3.63, 3.8) is 0 Å². The van der Waals surface area contributed by atoms with E-state index in [-0.39, 0.29) is 42.7 Å². The van der Waals surface area contributed by atoms with Crippen molar-refractivity contribution in [1.29, 1.82) is 0 Å². The zero-order valence-electron chi connectivity index (χ0n) is 12.6. The summed E-state index contributed by atoms with van der Waals surface area (Å²) in [6.07, 6.45) is 1.62. The van der Waals surface area contributed by atoms with Gasteiger partial charge in [0.1, 0.15) is 0 Å². The van der Waals surface area contributed by atoms with Gasteiger partial charge in [0.2, 0.25) is 11.8 Å². The summed E-state index contributed by atoms with van der Waals surface area (Å²) in [4.78, 5) is 27.6. The molecule has 3 N–H and O–H groups in total. The minimum absolute atomic E-state index is 0. The van der Waals surface area contributed by atoms with Gasteiger partial charge >= 0.3 is 0 Å². The predicted octanol–water partition coefficient (Wildman–Crippen LogP) is -0.00990. The highest BCUT2D eigenvalue weighted by molar-refractivity contribution is 5.89. The summed E-state index contributed by atoms with van der Waals surface area (Å²) in [5.74, 6) is 0.131. The molecule has 124 valence electrons. The molecule has 0 aromatic carbocycles. The Bertz CT molecular complexity index is 367. The van der Waals surface area contributed by atoms with E-state index < -0.39 is 5.54 Å². The maximum absolute atomic E-state index is 12.1. The van der Waals surface area contributed by atoms with Crippen LogP contribution in [-0.4, -0.2) is 65.9 Å². The zero-order valence-corrected chi connectivity index (χ0v) is 14.3. The third-order valence-corrected chi connectivity index (χ3v) is 3.69. The van der Waals surface area contributed by atoms with Crippen LogP contribution in [0.25, 0.3) is 0 Å². The van der Waals surface area contributed by atoms with Crippen molar-refractivity contribution in [2.24, 2.45) is 5.73 Å². The number of halogens is 2. The summed E-state index contributed by atoms with van der Waals surface area (Å²) in [6.45, 7) is 7.14. The van der Waals surface area contributed by atoms with Crippen LogP contribution in [0.1, 0.15) is 26.7 Å². The van der Waals surface area contributed by atoms with E-state index in [0.29, 0.717) is 19.6 Å². The number of hydrogen-bond donors (Lipinski definition) is 2. The molecule has 0 unspecified atom stereocenters. The van der Waals surface area contributed by atoms with Gasteiger partial charge in [-0.1, -0.05) is 0 Å². The second-order valence-electron chi connectivity index (χ2n) is 5.95. The van der Waals surface area contributed by atoms with Crippen LogP contribution in [0.3, 0.4) is 0 Å². The lowest BCUT2D eigenvalue weighted by Crippen LogP contribution is -2.55. The normalized spacial score (nSPS) is 20.3. The number of carbonyl (C=O) groups excluding carboxylic acids is 2. The summed E-state index contributed by atoms with van der Waals surface area (Å²) in [7, 11) is 0. The third-order valence-electron chi connectivity index (χ3n) is 3.69. The average molecular weight is 341 g/mol. The number of hydrogen-bond acceptors (Lipinski definition) is 4. The van der Waals surface area contributed by atoms with Crippen LogP contribution in [0.2, 0.25) is 0 Å². The Morgan fingerprint density at radius 3 is 2.10 bits per heavy atom. The van der Waals surface area contributed by atoms with Crippen LogP contribution in [0.5, 0.6) is 0 Å². The summed E-state index contributed by atoms with van der Waals surface area (Å²) in [5.41, 5.74) is 5.35. The Labute approximate surface area is 138 Å². The predicted molar refractivity (Wildman–Crippen MR) is 86.9 cm³/mol. The SMILES string of the molecule is CC(C)NC(=O)CN1CCN(C(=O)C2(N)CC2)CC1.Cl.Cl. The molecule has 1 saturated heterocycles. The fraction of sp³-hybridized carbons (Fsp3) is 0.846. The molecule has 2 rings (SSSR count). The molecule has 0 aromatic heterocycles. The van der Waals surface area contributed by atoms with Crippen molar-refractivity contribution >= 4 is 36.6 Å². The van der Waals surface area contributed by atoms with Crippen molar-refractivity contribution in [3.8, 4) is 0 Å². The molecule has 21 heavy (non-hydrogen) atoms. The molecule has 1 aliphatic carbocycles. The smallest absolute Gasteiger partial charge is 0.242 e. The Morgan fingerprint density at radius 2 is 1.67 bits per heavy atom. The Kier molecular flexibility index (Phi) is 7.95. The molecule has 2 aliphatic rings. The number of carbonyl (C=O) groups is 2. The highest BCUT2D eigenvalue weighted by Crippen LogP contribution is 2.34. The van der Waals surface area contributed by atoms with Crippen molar-refractivity contribution in [2.45, 2.75) is 38.3 Å². The van der Waals surface area contributed by atoms with Crippen LogP contribution in [0, 0.1) is 0 Å². The van der Waals surface area contributed by atoms with Crippen LogP contribution < -0.4 is 11.1 Å². The molecule has 6 nitrogen and oxygen atoms in total. The van der Waals surface area contributed by atoms with Gasteiger partial charge in [0.05, 0.1) is 12.1 Å². The van der Waals surface area contributed by atoms with Gasteiger partial charge in [0.25, 0.3) is 0 Å². The highest BCUT2D eigenvalue weighted by Gasteiger charge is 2.48. The number of amides is 2. The second kappa shape index (κ2) is 8.17. The molecule has 0 aromatic rings. The molecule has 2 amide bonds. The quantitative estimate of drug-likeness (QED) is 0.754. The van der Waals surface area contributed by atoms with Crippen molar-refractivity contribution in [1.82, 2.24) is 15.1 Å². The summed E-state index contributed by atoms with van der Waals surface area (Å²) >= 11 is 0. The van der Waals surface area contributed by atoms with Gasteiger partial charge in [-0.05, 0) is 26.7 Å². The van der Waals surface area contributed by atoms with Crippen LogP contribution >= 0.6 is 24.8 Å². The van der Waals surface area contributed by atoms with Gasteiger partial charge < -0.3 is 16.0 Å². The summed E-state index contributed by atoms with van der Waals surface area (Å²) < 4.78 is 0. The van der Waals surface area contributed by atoms with E-state index in [1.165, 1.54) is 0 Å². The van der Waals surface area contributed by atoms with Gasteiger partial charge in [-0.2, -0.15) is 0 Å². The molecule has 0 bridgehead atoms. The maximum atomic E-state index is 12.1. The zero-order chi connectivity index (χ0) is 14.0. The molecule has 2 fully saturated rings. The van der Waals surface area contributed by atoms with Crippen molar-refractivity contribution < 1.29 is 9.59 Å². The van der Waals surface area contributed by atoms with Crippen LogP contribution in [-0.2, 0) is 9.59 Å². The van der Waals surface area contributed by atoms with Gasteiger partial charge in [-0.25, -0.2) is 0 Å². The maximum Gasteiger partial charge on any atom is 0.242 e. The molecule has 0 atom stereocenters. The first-order valence-corrected chi connectivity index (χ1v) is 7.01. The first kappa shape index (κ1) is 20.4. The molecule has 0 spiro atoms. The number of nitrogens with zero attached hydrogens (tertiary/aromatic N) is 2. The van der Waals surface area contributed by atoms with E-state index in [2.05, 4.69) is 10.2 Å². The van der Waals surface area contributed by atoms with E-state index in [9.17, 15) is 9.59 Å². The number of nitrogens with one attached hydrogen (secondary N) is 1. The van der Waals surface area contributed by atoms with E-state index in [1.807, 2.05) is 18.7 Å². The third kappa shape index (κ3) is 5.62. The summed E-state index contributed by atoms with van der Waals surface area (Å²) in [6, 6.07) is 0.169. The standard InChI is InChI=1S/C13H24N4O2.2ClH/c1-10(2)15-11(18)9-16-5-7-17(8-6-16)12(19)13(14)3-4-13;;/h10H,3-9,14H2,1-2H3,(H,15,18);2*1H. The number of piperazine rings is 1. The van der Waals surface area contributed by atoms with Gasteiger partial charge in [0.15, 0.2) is 0 Å². The van der Waals surface area contributed by atoms with Crippen molar-refractivity contribution in [2.75, 3.05) is 32.7 Å². The van der Waals surface area contributed by atoms with Crippen LogP contribution in [0.4, 0.5) is 0 Å². The second-order valence-corrected chi connectivity index (χ2v) is 5.95. The average Bonchev–Trinajstić information content (AvgIpc) is 3.07. The molecule has 1 saturated carbocycles. The van der Waals surface area contributed by atoms with E-state index in [4.69, 9.17) is 5.73 Å². The number of nitrogens with two attached hydrogens (primary N) is 1. The van der Waals surface area contributed by atoms with E-state index in [1.54, 1.807) is 0 Å². The van der Waals surface area contributed by atoms with Gasteiger partial charge in [0, 0.05) is 32.2 Å². The summed E-state index contributed by atoms with van der Waals surface area (Å²) in [5, 5.41) is 2.88. The minimum atomic E-state index is -0.572. The highest BCUT2D eigenvalue weighted by atomic mass is 35.5. The Hall–Kier alpha value is -0.560. The first-order valence-electron chi connectivity index (χ1n) is 7.01. The molecular weight excluding hydrogens is 315 g/mol. The monoisotopic (exact) mass is 340 g/mol. The molecule has 1 heterocycles. The topological polar surface area (TPSA) is 78.7 Å². The van der Waals surface area contributed by atoms with Gasteiger partial charge in [-0.15, -0.1) is 24.8 Å². The molecule has 0 radical (unpaired) electrons. The lowest BCUT2D eigenvalue weighted by atomic mass is 10.2. The minimum Gasteiger partial charge on any atom is -0.353 e. The van der Waals surface area contributed by atoms with E-state index >= 15 is 0 Å². The fourth-order valence-corrected chi connectivity index (χ4v) is 2.34. The Morgan fingerprint density at radius 1 is 1.14 bits per heavy atom. The fourth-order valence-electron chi connectivity index (χ4n) is 2.34. The molecule has 8 heteroatoms. The van der Waals surface area contributed by atoms with E-state index in [0.717, 1.165) is 25.9 Å². The van der Waals surface area contributed by atoms with Crippen LogP contribution in [0.15, 0.2) is 0 Å². The molecular formula is C13H26Cl2N4O2. The Balaban J connectivity index is 0.00000200. The van der Waals surface area contributed by atoms with Crippen molar-refractivity contribution in [3.05, 3.63) is 0 Å². The largest absolute Gasteiger partial charge is 0.353 e.